The Bertz CT molecular complexity index is 715. The van der Waals surface area contributed by atoms with Crippen LogP contribution in [0.2, 0.25) is 5.02 Å². The van der Waals surface area contributed by atoms with Crippen LogP contribution in [-0.2, 0) is 4.79 Å². The van der Waals surface area contributed by atoms with E-state index < -0.39 is 5.91 Å². The molecule has 0 aliphatic carbocycles. The fourth-order valence-corrected chi connectivity index (χ4v) is 1.84. The fourth-order valence-electron chi connectivity index (χ4n) is 1.71. The predicted octanol–water partition coefficient (Wildman–Crippen LogP) is 2.87. The Kier molecular flexibility index (Phi) is 5.82. The van der Waals surface area contributed by atoms with E-state index in [1.54, 1.807) is 49.4 Å². The normalized spacial score (nSPS) is 11.0. The average molecular weight is 331 g/mol. The van der Waals surface area contributed by atoms with Gasteiger partial charge in [-0.05, 0) is 43.3 Å². The maximum atomic E-state index is 11.9. The molecule has 0 unspecified atom stereocenters. The van der Waals surface area contributed by atoms with Crippen molar-refractivity contribution in [2.75, 3.05) is 5.32 Å². The van der Waals surface area contributed by atoms with Crippen LogP contribution in [0, 0.1) is 0 Å². The molecule has 0 atom stereocenters. The van der Waals surface area contributed by atoms with Gasteiger partial charge in [-0.2, -0.15) is 5.10 Å². The Morgan fingerprint density at radius 1 is 1.17 bits per heavy atom. The van der Waals surface area contributed by atoms with Gasteiger partial charge >= 0.3 is 0 Å². The standard InChI is InChI=1S/C16H15ClN4O2/c1-11(20-21-16(23)14-4-2-3-9-18-14)10-15(22)19-13-7-5-12(17)6-8-13/h2-9H,10H2,1H3,(H,19,22)(H,21,23)/b20-11-. The number of nitrogens with one attached hydrogen (secondary N) is 2. The van der Waals surface area contributed by atoms with E-state index in [9.17, 15) is 9.59 Å². The highest BCUT2D eigenvalue weighted by atomic mass is 35.5. The highest BCUT2D eigenvalue weighted by molar-refractivity contribution is 6.30. The Hall–Kier alpha value is -2.73. The van der Waals surface area contributed by atoms with Crippen molar-refractivity contribution in [1.29, 1.82) is 0 Å². The minimum absolute atomic E-state index is 0.0606. The molecule has 0 spiro atoms. The molecule has 118 valence electrons. The van der Waals surface area contributed by atoms with E-state index in [1.807, 2.05) is 0 Å². The SMILES string of the molecule is C/C(CC(=O)Nc1ccc(Cl)cc1)=N/NC(=O)c1ccccn1. The van der Waals surface area contributed by atoms with E-state index in [1.165, 1.54) is 6.20 Å². The molecule has 2 rings (SSSR count). The highest BCUT2D eigenvalue weighted by Gasteiger charge is 2.07. The van der Waals surface area contributed by atoms with Gasteiger partial charge in [0.05, 0.1) is 6.42 Å². The minimum Gasteiger partial charge on any atom is -0.326 e. The molecule has 0 saturated heterocycles. The molecular weight excluding hydrogens is 316 g/mol. The molecule has 7 heteroatoms. The summed E-state index contributed by atoms with van der Waals surface area (Å²) in [6.45, 7) is 1.65. The van der Waals surface area contributed by atoms with E-state index in [0.29, 0.717) is 16.4 Å². The zero-order chi connectivity index (χ0) is 16.7. The van der Waals surface area contributed by atoms with Crippen LogP contribution in [0.15, 0.2) is 53.8 Å². The van der Waals surface area contributed by atoms with Crippen LogP contribution in [0.1, 0.15) is 23.8 Å². The van der Waals surface area contributed by atoms with Crippen molar-refractivity contribution in [2.24, 2.45) is 5.10 Å². The first-order valence-electron chi connectivity index (χ1n) is 6.84. The third-order valence-electron chi connectivity index (χ3n) is 2.79. The lowest BCUT2D eigenvalue weighted by molar-refractivity contribution is -0.115. The number of hydrazone groups is 1. The lowest BCUT2D eigenvalue weighted by atomic mass is 10.2. The number of hydrogen-bond acceptors (Lipinski definition) is 4. The van der Waals surface area contributed by atoms with Crippen LogP contribution < -0.4 is 10.7 Å². The van der Waals surface area contributed by atoms with E-state index in [-0.39, 0.29) is 18.0 Å². The number of aromatic nitrogens is 1. The molecule has 2 aromatic rings. The van der Waals surface area contributed by atoms with Crippen LogP contribution in [0.25, 0.3) is 0 Å². The van der Waals surface area contributed by atoms with Crippen molar-refractivity contribution in [3.05, 3.63) is 59.4 Å². The number of hydrogen-bond donors (Lipinski definition) is 2. The van der Waals surface area contributed by atoms with Gasteiger partial charge < -0.3 is 5.32 Å². The topological polar surface area (TPSA) is 83.5 Å². The molecule has 0 aliphatic heterocycles. The van der Waals surface area contributed by atoms with Crippen LogP contribution in [-0.4, -0.2) is 22.5 Å². The first-order chi connectivity index (χ1) is 11.0. The van der Waals surface area contributed by atoms with Gasteiger partial charge in [0.15, 0.2) is 0 Å². The molecule has 0 saturated carbocycles. The van der Waals surface area contributed by atoms with Crippen molar-refractivity contribution < 1.29 is 9.59 Å². The lowest BCUT2D eigenvalue weighted by Crippen LogP contribution is -2.22. The number of benzene rings is 1. The lowest BCUT2D eigenvalue weighted by Gasteiger charge is -2.05. The van der Waals surface area contributed by atoms with Gasteiger partial charge in [-0.3, -0.25) is 14.6 Å². The molecule has 2 N–H and O–H groups in total. The van der Waals surface area contributed by atoms with Crippen molar-refractivity contribution >= 4 is 34.8 Å². The Morgan fingerprint density at radius 3 is 2.57 bits per heavy atom. The van der Waals surface area contributed by atoms with Crippen molar-refractivity contribution in [3.63, 3.8) is 0 Å². The number of rotatable bonds is 5. The molecule has 2 amide bonds. The molecule has 23 heavy (non-hydrogen) atoms. The second kappa shape index (κ2) is 8.05. The van der Waals surface area contributed by atoms with Gasteiger partial charge in [-0.25, -0.2) is 5.43 Å². The average Bonchev–Trinajstić information content (AvgIpc) is 2.55. The second-order valence-corrected chi connectivity index (χ2v) is 5.17. The second-order valence-electron chi connectivity index (χ2n) is 4.73. The molecular formula is C16H15ClN4O2. The van der Waals surface area contributed by atoms with E-state index in [0.717, 1.165) is 0 Å². The molecule has 1 aromatic heterocycles. The van der Waals surface area contributed by atoms with E-state index >= 15 is 0 Å². The van der Waals surface area contributed by atoms with Crippen LogP contribution >= 0.6 is 11.6 Å². The van der Waals surface area contributed by atoms with Crippen molar-refractivity contribution in [2.45, 2.75) is 13.3 Å². The molecule has 1 aromatic carbocycles. The number of pyridine rings is 1. The Morgan fingerprint density at radius 2 is 1.91 bits per heavy atom. The molecule has 0 radical (unpaired) electrons. The summed E-state index contributed by atoms with van der Waals surface area (Å²) in [4.78, 5) is 27.5. The first kappa shape index (κ1) is 16.6. The number of carbonyl (C=O) groups excluding carboxylic acids is 2. The summed E-state index contributed by atoms with van der Waals surface area (Å²) in [5.41, 5.74) is 3.74. The number of amides is 2. The molecule has 1 heterocycles. The summed E-state index contributed by atoms with van der Waals surface area (Å²) in [5, 5.41) is 7.20. The van der Waals surface area contributed by atoms with Crippen LogP contribution in [0.4, 0.5) is 5.69 Å². The molecule has 0 aliphatic rings. The quantitative estimate of drug-likeness (QED) is 0.653. The van der Waals surface area contributed by atoms with Gasteiger partial charge in [-0.1, -0.05) is 17.7 Å². The van der Waals surface area contributed by atoms with E-state index in [2.05, 4.69) is 20.8 Å². The summed E-state index contributed by atoms with van der Waals surface area (Å²) in [6.07, 6.45) is 1.58. The fraction of sp³-hybridized carbons (Fsp3) is 0.125. The highest BCUT2D eigenvalue weighted by Crippen LogP contribution is 2.13. The van der Waals surface area contributed by atoms with Crippen molar-refractivity contribution in [1.82, 2.24) is 10.4 Å². The van der Waals surface area contributed by atoms with E-state index in [4.69, 9.17) is 11.6 Å². The largest absolute Gasteiger partial charge is 0.326 e. The van der Waals surface area contributed by atoms with Gasteiger partial charge in [-0.15, -0.1) is 0 Å². The van der Waals surface area contributed by atoms with Gasteiger partial charge in [0, 0.05) is 22.6 Å². The summed E-state index contributed by atoms with van der Waals surface area (Å²) < 4.78 is 0. The Labute approximate surface area is 138 Å². The molecule has 0 bridgehead atoms. The minimum atomic E-state index is -0.428. The zero-order valence-electron chi connectivity index (χ0n) is 12.4. The monoisotopic (exact) mass is 330 g/mol. The number of carbonyl (C=O) groups is 2. The smallest absolute Gasteiger partial charge is 0.289 e. The van der Waals surface area contributed by atoms with Crippen LogP contribution in [0.3, 0.4) is 0 Å². The van der Waals surface area contributed by atoms with Gasteiger partial charge in [0.2, 0.25) is 5.91 Å². The summed E-state index contributed by atoms with van der Waals surface area (Å²) in [7, 11) is 0. The third kappa shape index (κ3) is 5.52. The molecule has 6 nitrogen and oxygen atoms in total. The predicted molar refractivity (Wildman–Crippen MR) is 89.5 cm³/mol. The number of anilines is 1. The van der Waals surface area contributed by atoms with Gasteiger partial charge in [0.25, 0.3) is 5.91 Å². The maximum absolute atomic E-state index is 11.9. The van der Waals surface area contributed by atoms with Crippen LogP contribution in [0.5, 0.6) is 0 Å². The molecule has 0 fully saturated rings. The maximum Gasteiger partial charge on any atom is 0.289 e. The van der Waals surface area contributed by atoms with Crippen molar-refractivity contribution in [3.8, 4) is 0 Å². The number of nitrogens with zero attached hydrogens (tertiary/aromatic N) is 2. The summed E-state index contributed by atoms with van der Waals surface area (Å²) in [6, 6.07) is 11.8. The summed E-state index contributed by atoms with van der Waals surface area (Å²) in [5.74, 6) is -0.663. The summed E-state index contributed by atoms with van der Waals surface area (Å²) >= 11 is 5.78. The zero-order valence-corrected chi connectivity index (χ0v) is 13.2. The van der Waals surface area contributed by atoms with Gasteiger partial charge in [0.1, 0.15) is 5.69 Å². The first-order valence-corrected chi connectivity index (χ1v) is 7.22. The number of halogens is 1. The third-order valence-corrected chi connectivity index (χ3v) is 3.04. The Balaban J connectivity index is 1.85.